The summed E-state index contributed by atoms with van der Waals surface area (Å²) < 4.78 is 26.6. The molecular formula is C21H16FN7O3. The molecule has 2 aromatic carbocycles. The molecule has 0 fully saturated rings. The molecule has 0 bridgehead atoms. The second-order valence-electron chi connectivity index (χ2n) is 6.94. The van der Waals surface area contributed by atoms with Crippen LogP contribution in [-0.2, 0) is 13.1 Å². The maximum Gasteiger partial charge on any atom is 0.283 e. The Morgan fingerprint density at radius 3 is 2.72 bits per heavy atom. The lowest BCUT2D eigenvalue weighted by Gasteiger charge is -2.04. The molecule has 0 aliphatic carbocycles. The SMILES string of the molecule is COc1ccccc1-c1noc(Cn2cnc3c(nnn3Cc3ccc(F)cc3)c2=O)n1. The maximum atomic E-state index is 13.1. The summed E-state index contributed by atoms with van der Waals surface area (Å²) in [6, 6.07) is 13.3. The van der Waals surface area contributed by atoms with E-state index in [1.165, 1.54) is 27.7 Å². The number of nitrogens with zero attached hydrogens (tertiary/aromatic N) is 7. The summed E-state index contributed by atoms with van der Waals surface area (Å²) in [7, 11) is 1.56. The van der Waals surface area contributed by atoms with Crippen molar-refractivity contribution in [2.75, 3.05) is 7.11 Å². The predicted molar refractivity (Wildman–Crippen MR) is 110 cm³/mol. The third-order valence-corrected chi connectivity index (χ3v) is 4.86. The smallest absolute Gasteiger partial charge is 0.283 e. The molecule has 0 N–H and O–H groups in total. The van der Waals surface area contributed by atoms with Crippen molar-refractivity contribution in [1.82, 2.24) is 34.7 Å². The van der Waals surface area contributed by atoms with Gasteiger partial charge in [-0.15, -0.1) is 5.10 Å². The van der Waals surface area contributed by atoms with E-state index in [0.29, 0.717) is 29.3 Å². The zero-order valence-electron chi connectivity index (χ0n) is 16.8. The van der Waals surface area contributed by atoms with Gasteiger partial charge in [0, 0.05) is 0 Å². The number of aromatic nitrogens is 7. The lowest BCUT2D eigenvalue weighted by atomic mass is 10.2. The minimum absolute atomic E-state index is 0.0226. The van der Waals surface area contributed by atoms with Gasteiger partial charge in [-0.2, -0.15) is 4.98 Å². The fourth-order valence-corrected chi connectivity index (χ4v) is 3.27. The summed E-state index contributed by atoms with van der Waals surface area (Å²) in [5.41, 5.74) is 1.53. The highest BCUT2D eigenvalue weighted by atomic mass is 19.1. The van der Waals surface area contributed by atoms with Crippen molar-refractivity contribution in [2.24, 2.45) is 0 Å². The van der Waals surface area contributed by atoms with Crippen LogP contribution in [0.1, 0.15) is 11.5 Å². The Bertz CT molecular complexity index is 1460. The summed E-state index contributed by atoms with van der Waals surface area (Å²) in [6.07, 6.45) is 1.38. The fraction of sp³-hybridized carbons (Fsp3) is 0.143. The molecular weight excluding hydrogens is 417 g/mol. The van der Waals surface area contributed by atoms with Crippen LogP contribution in [0.5, 0.6) is 5.75 Å². The summed E-state index contributed by atoms with van der Waals surface area (Å²) in [5, 5.41) is 12.0. The van der Waals surface area contributed by atoms with Gasteiger partial charge in [0.2, 0.25) is 11.7 Å². The van der Waals surface area contributed by atoms with Gasteiger partial charge in [0.05, 0.1) is 19.2 Å². The molecule has 0 atom stereocenters. The molecule has 32 heavy (non-hydrogen) atoms. The first-order valence-corrected chi connectivity index (χ1v) is 9.61. The molecule has 11 heteroatoms. The lowest BCUT2D eigenvalue weighted by Crippen LogP contribution is -2.21. The van der Waals surface area contributed by atoms with E-state index in [-0.39, 0.29) is 23.8 Å². The normalized spacial score (nSPS) is 11.2. The second kappa shape index (κ2) is 8.02. The van der Waals surface area contributed by atoms with E-state index in [2.05, 4.69) is 25.4 Å². The Morgan fingerprint density at radius 2 is 1.91 bits per heavy atom. The molecule has 5 rings (SSSR count). The zero-order chi connectivity index (χ0) is 22.1. The van der Waals surface area contributed by atoms with Crippen molar-refractivity contribution >= 4 is 11.2 Å². The molecule has 10 nitrogen and oxygen atoms in total. The molecule has 3 heterocycles. The first-order chi connectivity index (χ1) is 15.6. The number of para-hydroxylation sites is 1. The zero-order valence-corrected chi connectivity index (χ0v) is 16.8. The van der Waals surface area contributed by atoms with Crippen molar-refractivity contribution in [1.29, 1.82) is 0 Å². The lowest BCUT2D eigenvalue weighted by molar-refractivity contribution is 0.369. The third-order valence-electron chi connectivity index (χ3n) is 4.86. The number of fused-ring (bicyclic) bond motifs is 1. The van der Waals surface area contributed by atoms with Crippen molar-refractivity contribution in [2.45, 2.75) is 13.1 Å². The van der Waals surface area contributed by atoms with Crippen molar-refractivity contribution in [3.63, 3.8) is 0 Å². The highest BCUT2D eigenvalue weighted by Crippen LogP contribution is 2.27. The van der Waals surface area contributed by atoms with Gasteiger partial charge in [0.1, 0.15) is 24.4 Å². The molecule has 0 saturated carbocycles. The molecule has 0 aliphatic rings. The average molecular weight is 433 g/mol. The Hall–Kier alpha value is -4.41. The highest BCUT2D eigenvalue weighted by Gasteiger charge is 2.16. The van der Waals surface area contributed by atoms with E-state index in [4.69, 9.17) is 9.26 Å². The average Bonchev–Trinajstić information content (AvgIpc) is 3.45. The van der Waals surface area contributed by atoms with E-state index in [0.717, 1.165) is 5.56 Å². The standard InChI is InChI=1S/C21H16FN7O3/c1-31-16-5-3-2-4-15(16)19-24-17(32-26-19)11-28-12-23-20-18(21(28)30)25-27-29(20)10-13-6-8-14(22)9-7-13/h2-9,12H,10-11H2,1H3. The Morgan fingerprint density at radius 1 is 1.09 bits per heavy atom. The maximum absolute atomic E-state index is 13.1. The fourth-order valence-electron chi connectivity index (χ4n) is 3.27. The third kappa shape index (κ3) is 3.60. The number of methoxy groups -OCH3 is 1. The van der Waals surface area contributed by atoms with E-state index >= 15 is 0 Å². The van der Waals surface area contributed by atoms with Crippen LogP contribution in [0.15, 0.2) is 64.2 Å². The first kappa shape index (κ1) is 19.5. The first-order valence-electron chi connectivity index (χ1n) is 9.61. The summed E-state index contributed by atoms with van der Waals surface area (Å²) in [5.74, 6) is 0.864. The number of rotatable bonds is 6. The molecule has 0 amide bonds. The predicted octanol–water partition coefficient (Wildman–Crippen LogP) is 2.28. The van der Waals surface area contributed by atoms with Crippen LogP contribution in [-0.4, -0.2) is 41.8 Å². The van der Waals surface area contributed by atoms with E-state index in [9.17, 15) is 9.18 Å². The van der Waals surface area contributed by atoms with Crippen LogP contribution in [0.2, 0.25) is 0 Å². The molecule has 0 spiro atoms. The van der Waals surface area contributed by atoms with Gasteiger partial charge in [0.15, 0.2) is 11.2 Å². The van der Waals surface area contributed by atoms with Crippen LogP contribution < -0.4 is 10.3 Å². The molecule has 0 radical (unpaired) electrons. The highest BCUT2D eigenvalue weighted by molar-refractivity contribution is 5.68. The Kier molecular flexibility index (Phi) is 4.90. The largest absolute Gasteiger partial charge is 0.496 e. The number of hydrogen-bond donors (Lipinski definition) is 0. The molecule has 160 valence electrons. The molecule has 3 aromatic heterocycles. The van der Waals surface area contributed by atoms with Gasteiger partial charge < -0.3 is 9.26 Å². The molecule has 0 aliphatic heterocycles. The van der Waals surface area contributed by atoms with E-state index in [1.807, 2.05) is 18.2 Å². The van der Waals surface area contributed by atoms with Crippen LogP contribution >= 0.6 is 0 Å². The van der Waals surface area contributed by atoms with Crippen LogP contribution in [0.3, 0.4) is 0 Å². The van der Waals surface area contributed by atoms with Gasteiger partial charge in [-0.25, -0.2) is 14.1 Å². The van der Waals surface area contributed by atoms with Gasteiger partial charge in [-0.1, -0.05) is 34.6 Å². The van der Waals surface area contributed by atoms with Gasteiger partial charge in [0.25, 0.3) is 5.56 Å². The topological polar surface area (TPSA) is 114 Å². The summed E-state index contributed by atoms with van der Waals surface area (Å²) in [6.45, 7) is 0.327. The van der Waals surface area contributed by atoms with Gasteiger partial charge >= 0.3 is 0 Å². The van der Waals surface area contributed by atoms with Crippen molar-refractivity contribution in [3.8, 4) is 17.1 Å². The minimum Gasteiger partial charge on any atom is -0.496 e. The number of halogens is 1. The summed E-state index contributed by atoms with van der Waals surface area (Å²) >= 11 is 0. The van der Waals surface area contributed by atoms with Crippen LogP contribution in [0.25, 0.3) is 22.6 Å². The molecule has 0 saturated heterocycles. The van der Waals surface area contributed by atoms with Crippen molar-refractivity contribution < 1.29 is 13.7 Å². The minimum atomic E-state index is -0.391. The Labute approximate surface area is 179 Å². The Balaban J connectivity index is 1.41. The number of hydrogen-bond acceptors (Lipinski definition) is 8. The number of benzene rings is 2. The van der Waals surface area contributed by atoms with Crippen molar-refractivity contribution in [3.05, 3.63) is 82.5 Å². The van der Waals surface area contributed by atoms with Gasteiger partial charge in [-0.3, -0.25) is 9.36 Å². The van der Waals surface area contributed by atoms with Crippen LogP contribution in [0.4, 0.5) is 4.39 Å². The second-order valence-corrected chi connectivity index (χ2v) is 6.94. The van der Waals surface area contributed by atoms with E-state index < -0.39 is 5.56 Å². The van der Waals surface area contributed by atoms with Crippen LogP contribution in [0, 0.1) is 5.82 Å². The molecule has 5 aromatic rings. The number of ether oxygens (including phenoxy) is 1. The molecule has 0 unspecified atom stereocenters. The quantitative estimate of drug-likeness (QED) is 0.401. The monoisotopic (exact) mass is 433 g/mol. The van der Waals surface area contributed by atoms with E-state index in [1.54, 1.807) is 25.3 Å². The van der Waals surface area contributed by atoms with Gasteiger partial charge in [-0.05, 0) is 29.8 Å². The summed E-state index contributed by atoms with van der Waals surface area (Å²) in [4.78, 5) is 21.5.